The summed E-state index contributed by atoms with van der Waals surface area (Å²) in [4.78, 5) is 20.7. The van der Waals surface area contributed by atoms with E-state index in [0.717, 1.165) is 9.87 Å². The van der Waals surface area contributed by atoms with Crippen LogP contribution in [0.25, 0.3) is 11.4 Å². The number of sulfonamides is 1. The van der Waals surface area contributed by atoms with E-state index < -0.39 is 22.0 Å². The average molecular weight is 384 g/mol. The molecule has 3 heterocycles. The molecule has 9 heteroatoms. The second kappa shape index (κ2) is 6.58. The lowest BCUT2D eigenvalue weighted by molar-refractivity contribution is -0.124. The van der Waals surface area contributed by atoms with Crippen LogP contribution < -0.4 is 0 Å². The van der Waals surface area contributed by atoms with E-state index in [4.69, 9.17) is 4.52 Å². The minimum Gasteiger partial charge on any atom is -0.337 e. The predicted molar refractivity (Wildman–Crippen MR) is 94.7 cm³/mol. The van der Waals surface area contributed by atoms with Gasteiger partial charge in [0.15, 0.2) is 0 Å². The van der Waals surface area contributed by atoms with Crippen molar-refractivity contribution in [3.63, 3.8) is 0 Å². The van der Waals surface area contributed by atoms with Crippen molar-refractivity contribution in [2.24, 2.45) is 0 Å². The number of rotatable bonds is 4. The summed E-state index contributed by atoms with van der Waals surface area (Å²) in [5, 5.41) is 3.91. The molecule has 0 spiro atoms. The molecule has 4 rings (SSSR count). The number of aromatic nitrogens is 3. The number of carbonyl (C=O) groups is 1. The summed E-state index contributed by atoms with van der Waals surface area (Å²) in [5.74, 6) is -0.0629. The van der Waals surface area contributed by atoms with Crippen molar-refractivity contribution >= 4 is 15.9 Å². The maximum absolute atomic E-state index is 13.0. The molecule has 1 atom stereocenters. The first-order valence-electron chi connectivity index (χ1n) is 8.35. The quantitative estimate of drug-likeness (QED) is 0.680. The molecule has 0 N–H and O–H groups in total. The molecule has 2 aromatic heterocycles. The Bertz CT molecular complexity index is 1080. The number of nitrogens with zero attached hydrogens (tertiary/aromatic N) is 4. The van der Waals surface area contributed by atoms with Gasteiger partial charge in [-0.05, 0) is 37.6 Å². The molecule has 138 valence electrons. The molecule has 1 aromatic carbocycles. The smallest absolute Gasteiger partial charge is 0.267 e. The zero-order valence-electron chi connectivity index (χ0n) is 14.4. The van der Waals surface area contributed by atoms with Gasteiger partial charge in [0.2, 0.25) is 11.7 Å². The van der Waals surface area contributed by atoms with Gasteiger partial charge >= 0.3 is 0 Å². The number of hydrogen-bond donors (Lipinski definition) is 0. The van der Waals surface area contributed by atoms with Crippen molar-refractivity contribution in [1.29, 1.82) is 0 Å². The molecule has 1 amide bonds. The minimum absolute atomic E-state index is 0.0576. The van der Waals surface area contributed by atoms with Crippen LogP contribution in [0.1, 0.15) is 30.3 Å². The Kier molecular flexibility index (Phi) is 4.23. The Hall–Kier alpha value is -3.07. The van der Waals surface area contributed by atoms with Gasteiger partial charge in [-0.25, -0.2) is 12.7 Å². The van der Waals surface area contributed by atoms with Gasteiger partial charge in [0.25, 0.3) is 15.9 Å². The molecular formula is C18H16N4O4S. The molecule has 0 aliphatic carbocycles. The first kappa shape index (κ1) is 17.3. The molecule has 8 nitrogen and oxygen atoms in total. The summed E-state index contributed by atoms with van der Waals surface area (Å²) in [7, 11) is -4.01. The summed E-state index contributed by atoms with van der Waals surface area (Å²) in [5.41, 5.74) is 1.62. The lowest BCUT2D eigenvalue weighted by atomic mass is 10.2. The highest BCUT2D eigenvalue weighted by atomic mass is 32.2. The van der Waals surface area contributed by atoms with Crippen molar-refractivity contribution in [2.75, 3.05) is 0 Å². The van der Waals surface area contributed by atoms with E-state index in [9.17, 15) is 13.2 Å². The summed E-state index contributed by atoms with van der Waals surface area (Å²) in [6.07, 6.45) is 3.59. The zero-order valence-corrected chi connectivity index (χ0v) is 15.3. The SMILES string of the molecule is Cc1ccc(S(=O)(=O)N2C(=O)CC[C@@H]2c2nc(-c3ccncc3)no2)cc1. The Morgan fingerprint density at radius 1 is 1.11 bits per heavy atom. The third kappa shape index (κ3) is 3.10. The molecule has 0 saturated carbocycles. The molecule has 1 aliphatic rings. The van der Waals surface area contributed by atoms with E-state index in [-0.39, 0.29) is 17.2 Å². The van der Waals surface area contributed by atoms with E-state index in [1.54, 1.807) is 36.7 Å². The lowest BCUT2D eigenvalue weighted by Gasteiger charge is -2.21. The van der Waals surface area contributed by atoms with Crippen molar-refractivity contribution in [1.82, 2.24) is 19.4 Å². The first-order valence-corrected chi connectivity index (χ1v) is 9.79. The van der Waals surface area contributed by atoms with Crippen LogP contribution in [0.15, 0.2) is 58.2 Å². The Morgan fingerprint density at radius 3 is 2.52 bits per heavy atom. The van der Waals surface area contributed by atoms with Gasteiger partial charge in [-0.1, -0.05) is 22.9 Å². The Balaban J connectivity index is 1.70. The van der Waals surface area contributed by atoms with Gasteiger partial charge in [-0.2, -0.15) is 4.98 Å². The van der Waals surface area contributed by atoms with Crippen LogP contribution in [0.3, 0.4) is 0 Å². The van der Waals surface area contributed by atoms with Crippen LogP contribution in [0.2, 0.25) is 0 Å². The number of aryl methyl sites for hydroxylation is 1. The largest absolute Gasteiger partial charge is 0.337 e. The fourth-order valence-corrected chi connectivity index (χ4v) is 4.60. The molecular weight excluding hydrogens is 368 g/mol. The van der Waals surface area contributed by atoms with Gasteiger partial charge in [-0.3, -0.25) is 9.78 Å². The molecule has 0 radical (unpaired) electrons. The monoisotopic (exact) mass is 384 g/mol. The molecule has 0 bridgehead atoms. The zero-order chi connectivity index (χ0) is 19.0. The van der Waals surface area contributed by atoms with Crippen molar-refractivity contribution in [2.45, 2.75) is 30.7 Å². The molecule has 1 fully saturated rings. The van der Waals surface area contributed by atoms with Gasteiger partial charge < -0.3 is 4.52 Å². The van der Waals surface area contributed by atoms with Crippen LogP contribution in [0, 0.1) is 6.92 Å². The highest BCUT2D eigenvalue weighted by molar-refractivity contribution is 7.89. The maximum Gasteiger partial charge on any atom is 0.267 e. The topological polar surface area (TPSA) is 106 Å². The lowest BCUT2D eigenvalue weighted by Crippen LogP contribution is -2.34. The average Bonchev–Trinajstić information content (AvgIpc) is 3.30. The van der Waals surface area contributed by atoms with E-state index >= 15 is 0 Å². The third-order valence-electron chi connectivity index (χ3n) is 4.40. The number of pyridine rings is 1. The Labute approximate surface area is 155 Å². The second-order valence-electron chi connectivity index (χ2n) is 6.25. The first-order chi connectivity index (χ1) is 13.0. The molecule has 1 saturated heterocycles. The summed E-state index contributed by atoms with van der Waals surface area (Å²) in [6, 6.07) is 8.98. The van der Waals surface area contributed by atoms with Crippen molar-refractivity contribution in [3.05, 3.63) is 60.2 Å². The van der Waals surface area contributed by atoms with Crippen LogP contribution in [-0.2, 0) is 14.8 Å². The molecule has 0 unspecified atom stereocenters. The summed E-state index contributed by atoms with van der Waals surface area (Å²) >= 11 is 0. The second-order valence-corrected chi connectivity index (χ2v) is 8.07. The summed E-state index contributed by atoms with van der Waals surface area (Å²) in [6.45, 7) is 1.86. The van der Waals surface area contributed by atoms with Gasteiger partial charge in [-0.15, -0.1) is 0 Å². The fraction of sp³-hybridized carbons (Fsp3) is 0.222. The molecule has 3 aromatic rings. The van der Waals surface area contributed by atoms with Crippen LogP contribution in [-0.4, -0.2) is 33.8 Å². The third-order valence-corrected chi connectivity index (χ3v) is 6.25. The minimum atomic E-state index is -4.01. The van der Waals surface area contributed by atoms with Crippen LogP contribution >= 0.6 is 0 Å². The molecule has 1 aliphatic heterocycles. The number of benzene rings is 1. The maximum atomic E-state index is 13.0. The number of hydrogen-bond acceptors (Lipinski definition) is 7. The van der Waals surface area contributed by atoms with E-state index in [2.05, 4.69) is 15.1 Å². The van der Waals surface area contributed by atoms with E-state index in [1.165, 1.54) is 12.1 Å². The molecule has 27 heavy (non-hydrogen) atoms. The fourth-order valence-electron chi connectivity index (χ4n) is 3.00. The highest BCUT2D eigenvalue weighted by Crippen LogP contribution is 2.37. The number of amides is 1. The highest BCUT2D eigenvalue weighted by Gasteiger charge is 2.44. The van der Waals surface area contributed by atoms with Gasteiger partial charge in [0, 0.05) is 24.4 Å². The van der Waals surface area contributed by atoms with Crippen LogP contribution in [0.5, 0.6) is 0 Å². The van der Waals surface area contributed by atoms with Gasteiger partial charge in [0.05, 0.1) is 4.90 Å². The standard InChI is InChI=1S/C18H16N4O4S/c1-12-2-4-14(5-3-12)27(24,25)22-15(6-7-16(22)23)18-20-17(21-26-18)13-8-10-19-11-9-13/h2-5,8-11,15H,6-7H2,1H3/t15-/m1/s1. The van der Waals surface area contributed by atoms with Gasteiger partial charge in [0.1, 0.15) is 6.04 Å². The van der Waals surface area contributed by atoms with Crippen molar-refractivity contribution < 1.29 is 17.7 Å². The van der Waals surface area contributed by atoms with E-state index in [1.807, 2.05) is 6.92 Å². The summed E-state index contributed by atoms with van der Waals surface area (Å²) < 4.78 is 32.2. The number of carbonyl (C=O) groups excluding carboxylic acids is 1. The normalized spacial score (nSPS) is 17.4. The Morgan fingerprint density at radius 2 is 1.81 bits per heavy atom. The van der Waals surface area contributed by atoms with Crippen LogP contribution in [0.4, 0.5) is 0 Å². The van der Waals surface area contributed by atoms with Crippen molar-refractivity contribution in [3.8, 4) is 11.4 Å². The van der Waals surface area contributed by atoms with E-state index in [0.29, 0.717) is 17.8 Å². The predicted octanol–water partition coefficient (Wildman–Crippen LogP) is 2.49.